The van der Waals surface area contributed by atoms with Crippen molar-refractivity contribution in [2.45, 2.75) is 59.0 Å². The van der Waals surface area contributed by atoms with Gasteiger partial charge < -0.3 is 9.64 Å². The molecule has 1 aliphatic carbocycles. The van der Waals surface area contributed by atoms with Crippen LogP contribution in [0.25, 0.3) is 0 Å². The maximum absolute atomic E-state index is 11.8. The summed E-state index contributed by atoms with van der Waals surface area (Å²) in [5.41, 5.74) is -0.400. The molecule has 3 heteroatoms. The number of carbonyl (C=O) groups is 1. The van der Waals surface area contributed by atoms with Crippen molar-refractivity contribution < 1.29 is 9.53 Å². The minimum Gasteiger partial charge on any atom is -0.444 e. The Kier molecular flexibility index (Phi) is 4.84. The highest BCUT2D eigenvalue weighted by molar-refractivity contribution is 5.67. The molecule has 1 unspecified atom stereocenters. The van der Waals surface area contributed by atoms with Crippen molar-refractivity contribution in [3.05, 3.63) is 0 Å². The fraction of sp³-hybridized carbons (Fsp3) is 0.929. The largest absolute Gasteiger partial charge is 0.444 e. The Morgan fingerprint density at radius 3 is 2.41 bits per heavy atom. The van der Waals surface area contributed by atoms with E-state index in [4.69, 9.17) is 4.74 Å². The smallest absolute Gasteiger partial charge is 0.410 e. The molecule has 17 heavy (non-hydrogen) atoms. The summed E-state index contributed by atoms with van der Waals surface area (Å²) in [6.45, 7) is 8.72. The molecule has 1 aliphatic rings. The summed E-state index contributed by atoms with van der Waals surface area (Å²) in [6.07, 6.45) is 5.17. The molecule has 0 spiro atoms. The van der Waals surface area contributed by atoms with Crippen LogP contribution in [0, 0.1) is 11.8 Å². The van der Waals surface area contributed by atoms with Gasteiger partial charge in [-0.05, 0) is 39.0 Å². The van der Waals surface area contributed by atoms with Crippen LogP contribution in [0.15, 0.2) is 0 Å². The van der Waals surface area contributed by atoms with Crippen molar-refractivity contribution in [2.24, 2.45) is 11.8 Å². The molecule has 0 heterocycles. The first-order valence-electron chi connectivity index (χ1n) is 6.72. The zero-order valence-corrected chi connectivity index (χ0v) is 12.0. The molecule has 0 saturated heterocycles. The van der Waals surface area contributed by atoms with Crippen LogP contribution in [0.2, 0.25) is 0 Å². The lowest BCUT2D eigenvalue weighted by molar-refractivity contribution is 0.0267. The van der Waals surface area contributed by atoms with Crippen LogP contribution in [-0.4, -0.2) is 30.2 Å². The van der Waals surface area contributed by atoms with E-state index >= 15 is 0 Å². The van der Waals surface area contributed by atoms with E-state index in [1.165, 1.54) is 25.7 Å². The van der Waals surface area contributed by atoms with Crippen molar-refractivity contribution in [1.82, 2.24) is 4.90 Å². The molecule has 0 aromatic carbocycles. The van der Waals surface area contributed by atoms with Crippen LogP contribution in [0.1, 0.15) is 53.4 Å². The summed E-state index contributed by atoms with van der Waals surface area (Å²) in [4.78, 5) is 13.5. The van der Waals surface area contributed by atoms with Gasteiger partial charge in [0.2, 0.25) is 0 Å². The predicted octanol–water partition coefficient (Wildman–Crippen LogP) is 3.68. The van der Waals surface area contributed by atoms with E-state index in [9.17, 15) is 4.79 Å². The Labute approximate surface area is 106 Å². The fourth-order valence-electron chi connectivity index (χ4n) is 2.25. The number of hydrogen-bond acceptors (Lipinski definition) is 2. The Bertz CT molecular complexity index is 253. The molecule has 1 amide bonds. The van der Waals surface area contributed by atoms with Gasteiger partial charge in [-0.3, -0.25) is 0 Å². The fourth-order valence-corrected chi connectivity index (χ4v) is 2.25. The second-order valence-electron chi connectivity index (χ2n) is 6.50. The molecule has 1 atom stereocenters. The molecular weight excluding hydrogens is 214 g/mol. The number of ether oxygens (including phenoxy) is 1. The summed E-state index contributed by atoms with van der Waals surface area (Å²) < 4.78 is 5.33. The van der Waals surface area contributed by atoms with Crippen molar-refractivity contribution in [3.8, 4) is 0 Å². The summed E-state index contributed by atoms with van der Waals surface area (Å²) in [6, 6.07) is 0. The van der Waals surface area contributed by atoms with Crippen LogP contribution in [0.3, 0.4) is 0 Å². The number of nitrogens with zero attached hydrogens (tertiary/aromatic N) is 1. The highest BCUT2D eigenvalue weighted by Gasteiger charge is 2.23. The van der Waals surface area contributed by atoms with Gasteiger partial charge in [-0.2, -0.15) is 0 Å². The molecule has 3 nitrogen and oxygen atoms in total. The third-order valence-electron chi connectivity index (χ3n) is 3.25. The minimum absolute atomic E-state index is 0.210. The van der Waals surface area contributed by atoms with Crippen LogP contribution >= 0.6 is 0 Å². The lowest BCUT2D eigenvalue weighted by Crippen LogP contribution is -2.37. The molecule has 100 valence electrons. The molecular formula is C14H27NO2. The van der Waals surface area contributed by atoms with Gasteiger partial charge in [0.1, 0.15) is 5.60 Å². The van der Waals surface area contributed by atoms with Gasteiger partial charge in [0, 0.05) is 13.6 Å². The van der Waals surface area contributed by atoms with E-state index in [0.29, 0.717) is 5.92 Å². The zero-order valence-electron chi connectivity index (χ0n) is 12.0. The number of rotatable bonds is 4. The molecule has 0 aromatic heterocycles. The van der Waals surface area contributed by atoms with Crippen molar-refractivity contribution in [3.63, 3.8) is 0 Å². The first-order valence-corrected chi connectivity index (χ1v) is 6.72. The van der Waals surface area contributed by atoms with Gasteiger partial charge in [0.25, 0.3) is 0 Å². The van der Waals surface area contributed by atoms with E-state index in [0.717, 1.165) is 12.5 Å². The average Bonchev–Trinajstić information content (AvgIpc) is 2.08. The highest BCUT2D eigenvalue weighted by atomic mass is 16.6. The maximum Gasteiger partial charge on any atom is 0.410 e. The second kappa shape index (κ2) is 5.74. The van der Waals surface area contributed by atoms with Crippen LogP contribution < -0.4 is 0 Å². The normalized spacial score (nSPS) is 18.4. The lowest BCUT2D eigenvalue weighted by Gasteiger charge is -2.31. The standard InChI is InChI=1S/C14H27NO2/c1-11(9-12-7-6-8-12)10-15(5)13(16)17-14(2,3)4/h11-12H,6-10H2,1-5H3. The molecule has 1 rings (SSSR count). The molecule has 0 aliphatic heterocycles. The van der Waals surface area contributed by atoms with Gasteiger partial charge in [0.15, 0.2) is 0 Å². The molecule has 1 saturated carbocycles. The number of hydrogen-bond donors (Lipinski definition) is 0. The van der Waals surface area contributed by atoms with Crippen molar-refractivity contribution >= 4 is 6.09 Å². The minimum atomic E-state index is -0.400. The maximum atomic E-state index is 11.8. The van der Waals surface area contributed by atoms with Crippen molar-refractivity contribution in [1.29, 1.82) is 0 Å². The highest BCUT2D eigenvalue weighted by Crippen LogP contribution is 2.32. The Morgan fingerprint density at radius 2 is 2.00 bits per heavy atom. The Balaban J connectivity index is 2.26. The van der Waals surface area contributed by atoms with E-state index in [-0.39, 0.29) is 6.09 Å². The first-order chi connectivity index (χ1) is 7.78. The monoisotopic (exact) mass is 241 g/mol. The summed E-state index contributed by atoms with van der Waals surface area (Å²) in [5.74, 6) is 1.47. The van der Waals surface area contributed by atoms with E-state index < -0.39 is 5.60 Å². The first kappa shape index (κ1) is 14.3. The predicted molar refractivity (Wildman–Crippen MR) is 70.0 cm³/mol. The third kappa shape index (κ3) is 5.42. The molecule has 0 aromatic rings. The van der Waals surface area contributed by atoms with Crippen LogP contribution in [0.5, 0.6) is 0 Å². The van der Waals surface area contributed by atoms with Crippen LogP contribution in [-0.2, 0) is 4.74 Å². The SMILES string of the molecule is CC(CC1CCC1)CN(C)C(=O)OC(C)(C)C. The summed E-state index contributed by atoms with van der Waals surface area (Å²) in [5, 5.41) is 0. The summed E-state index contributed by atoms with van der Waals surface area (Å²) >= 11 is 0. The van der Waals surface area contributed by atoms with E-state index in [1.807, 2.05) is 27.8 Å². The number of amides is 1. The van der Waals surface area contributed by atoms with E-state index in [2.05, 4.69) is 6.92 Å². The molecule has 0 N–H and O–H groups in total. The lowest BCUT2D eigenvalue weighted by atomic mass is 9.79. The summed E-state index contributed by atoms with van der Waals surface area (Å²) in [7, 11) is 1.82. The molecule has 1 fully saturated rings. The van der Waals surface area contributed by atoms with Gasteiger partial charge in [0.05, 0.1) is 0 Å². The molecule has 0 radical (unpaired) electrons. The topological polar surface area (TPSA) is 29.5 Å². The van der Waals surface area contributed by atoms with Gasteiger partial charge in [-0.25, -0.2) is 4.79 Å². The quantitative estimate of drug-likeness (QED) is 0.751. The average molecular weight is 241 g/mol. The van der Waals surface area contributed by atoms with Crippen LogP contribution in [0.4, 0.5) is 4.79 Å². The third-order valence-corrected chi connectivity index (χ3v) is 3.25. The van der Waals surface area contributed by atoms with Crippen molar-refractivity contribution in [2.75, 3.05) is 13.6 Å². The Morgan fingerprint density at radius 1 is 1.41 bits per heavy atom. The Hall–Kier alpha value is -0.730. The zero-order chi connectivity index (χ0) is 13.1. The second-order valence-corrected chi connectivity index (χ2v) is 6.50. The number of carbonyl (C=O) groups excluding carboxylic acids is 1. The molecule has 0 bridgehead atoms. The van der Waals surface area contributed by atoms with E-state index in [1.54, 1.807) is 4.90 Å². The van der Waals surface area contributed by atoms with Gasteiger partial charge >= 0.3 is 6.09 Å². The van der Waals surface area contributed by atoms with Gasteiger partial charge in [-0.15, -0.1) is 0 Å². The van der Waals surface area contributed by atoms with Gasteiger partial charge in [-0.1, -0.05) is 26.2 Å².